The number of nitrogens with zero attached hydrogens (tertiary/aromatic N) is 4. The summed E-state index contributed by atoms with van der Waals surface area (Å²) in [6, 6.07) is 19.6. The summed E-state index contributed by atoms with van der Waals surface area (Å²) in [4.78, 5) is 35.0. The zero-order valence-electron chi connectivity index (χ0n) is 23.8. The van der Waals surface area contributed by atoms with Gasteiger partial charge in [0.05, 0.1) is 10.4 Å². The van der Waals surface area contributed by atoms with Crippen LogP contribution in [0.5, 0.6) is 11.5 Å². The fraction of sp³-hybridized carbons (Fsp3) is 0.258. The third-order valence-corrected chi connectivity index (χ3v) is 9.54. The minimum absolute atomic E-state index is 0.0446. The summed E-state index contributed by atoms with van der Waals surface area (Å²) in [5, 5.41) is 3.54. The summed E-state index contributed by atoms with van der Waals surface area (Å²) in [6.07, 6.45) is 1.64. The predicted molar refractivity (Wildman–Crippen MR) is 161 cm³/mol. The quantitative estimate of drug-likeness (QED) is 0.343. The van der Waals surface area contributed by atoms with Crippen LogP contribution in [0, 0.1) is 0 Å². The Balaban J connectivity index is 1.27. The van der Waals surface area contributed by atoms with Gasteiger partial charge < -0.3 is 24.6 Å². The lowest BCUT2D eigenvalue weighted by Crippen LogP contribution is -2.61. The largest absolute Gasteiger partial charge is 0.454 e. The SMILES string of the molecule is CN(C)c1ccc(C(=O)N2CCN(S(=O)(=O)c3ccc4ncccc4c3)C(C(=O)NCc3ccc4c(c3)OCO4)C2)cc1. The van der Waals surface area contributed by atoms with Gasteiger partial charge in [0.2, 0.25) is 22.7 Å². The lowest BCUT2D eigenvalue weighted by Gasteiger charge is -2.39. The van der Waals surface area contributed by atoms with Crippen molar-refractivity contribution in [2.75, 3.05) is 45.4 Å². The summed E-state index contributed by atoms with van der Waals surface area (Å²) >= 11 is 0. The summed E-state index contributed by atoms with van der Waals surface area (Å²) < 4.78 is 39.9. The number of carbonyl (C=O) groups is 2. The van der Waals surface area contributed by atoms with Gasteiger partial charge in [-0.25, -0.2) is 8.42 Å². The summed E-state index contributed by atoms with van der Waals surface area (Å²) in [6.45, 7) is 0.259. The molecule has 1 unspecified atom stereocenters. The Labute approximate surface area is 249 Å². The van der Waals surface area contributed by atoms with E-state index < -0.39 is 22.0 Å². The van der Waals surface area contributed by atoms with Crippen LogP contribution >= 0.6 is 0 Å². The number of rotatable bonds is 7. The Kier molecular flexibility index (Phi) is 7.63. The predicted octanol–water partition coefficient (Wildman–Crippen LogP) is 2.86. The van der Waals surface area contributed by atoms with Gasteiger partial charge in [0.25, 0.3) is 5.91 Å². The van der Waals surface area contributed by atoms with E-state index in [0.717, 1.165) is 11.3 Å². The van der Waals surface area contributed by atoms with Crippen molar-refractivity contribution in [3.8, 4) is 11.5 Å². The molecule has 0 saturated carbocycles. The number of piperazine rings is 1. The molecule has 0 radical (unpaired) electrons. The second-order valence-corrected chi connectivity index (χ2v) is 12.5. The minimum atomic E-state index is -4.10. The standard InChI is InChI=1S/C31H31N5O6S/c1-34(2)24-8-6-22(7-9-24)31(38)35-14-15-36(43(39,40)25-10-11-26-23(17-25)4-3-13-32-26)27(19-35)30(37)33-18-21-5-12-28-29(16-21)42-20-41-28/h3-13,16-17,27H,14-15,18-20H2,1-2H3,(H,33,37). The van der Waals surface area contributed by atoms with E-state index in [0.29, 0.717) is 28.0 Å². The van der Waals surface area contributed by atoms with Gasteiger partial charge in [0, 0.05) is 63.1 Å². The zero-order valence-corrected chi connectivity index (χ0v) is 24.6. The first kappa shape index (κ1) is 28.4. The number of fused-ring (bicyclic) bond motifs is 2. The Morgan fingerprint density at radius 2 is 1.77 bits per heavy atom. The molecular weight excluding hydrogens is 570 g/mol. The van der Waals surface area contributed by atoms with Gasteiger partial charge >= 0.3 is 0 Å². The molecule has 1 saturated heterocycles. The average molecular weight is 602 g/mol. The van der Waals surface area contributed by atoms with Crippen molar-refractivity contribution in [2.24, 2.45) is 0 Å². The molecule has 1 atom stereocenters. The topological polar surface area (TPSA) is 121 Å². The number of pyridine rings is 1. The van der Waals surface area contributed by atoms with Crippen LogP contribution in [0.1, 0.15) is 15.9 Å². The van der Waals surface area contributed by atoms with Gasteiger partial charge in [0.15, 0.2) is 11.5 Å². The molecule has 1 aromatic heterocycles. The summed E-state index contributed by atoms with van der Waals surface area (Å²) in [5.41, 5.74) is 2.83. The van der Waals surface area contributed by atoms with Crippen LogP contribution in [-0.4, -0.2) is 81.0 Å². The normalized spacial score (nSPS) is 16.7. The number of amides is 2. The van der Waals surface area contributed by atoms with Crippen molar-refractivity contribution in [3.05, 3.63) is 90.1 Å². The number of hydrogen-bond donors (Lipinski definition) is 1. The fourth-order valence-corrected chi connectivity index (χ4v) is 6.85. The molecule has 43 heavy (non-hydrogen) atoms. The fourth-order valence-electron chi connectivity index (χ4n) is 5.24. The smallest absolute Gasteiger partial charge is 0.253 e. The van der Waals surface area contributed by atoms with E-state index in [1.807, 2.05) is 31.1 Å². The zero-order chi connectivity index (χ0) is 30.1. The molecule has 12 heteroatoms. The number of hydrogen-bond acceptors (Lipinski definition) is 8. The minimum Gasteiger partial charge on any atom is -0.454 e. The Morgan fingerprint density at radius 1 is 0.977 bits per heavy atom. The second-order valence-electron chi connectivity index (χ2n) is 10.6. The van der Waals surface area contributed by atoms with Gasteiger partial charge in [-0.05, 0) is 66.2 Å². The van der Waals surface area contributed by atoms with Crippen LogP contribution in [0.25, 0.3) is 10.9 Å². The van der Waals surface area contributed by atoms with Crippen LogP contribution in [0.15, 0.2) is 83.9 Å². The van der Waals surface area contributed by atoms with E-state index in [2.05, 4.69) is 10.3 Å². The maximum absolute atomic E-state index is 14.0. The molecule has 2 aliphatic rings. The number of aromatic nitrogens is 1. The van der Waals surface area contributed by atoms with Gasteiger partial charge in [-0.2, -0.15) is 4.31 Å². The van der Waals surface area contributed by atoms with Gasteiger partial charge in [-0.15, -0.1) is 0 Å². The molecule has 222 valence electrons. The Morgan fingerprint density at radius 3 is 2.56 bits per heavy atom. The van der Waals surface area contributed by atoms with E-state index in [9.17, 15) is 18.0 Å². The molecule has 3 heterocycles. The highest BCUT2D eigenvalue weighted by molar-refractivity contribution is 7.89. The van der Waals surface area contributed by atoms with Crippen LogP contribution in [0.2, 0.25) is 0 Å². The number of sulfonamides is 1. The van der Waals surface area contributed by atoms with Crippen LogP contribution in [0.4, 0.5) is 5.69 Å². The second kappa shape index (κ2) is 11.5. The molecule has 0 spiro atoms. The molecule has 3 aromatic carbocycles. The Bertz CT molecular complexity index is 1790. The van der Waals surface area contributed by atoms with E-state index >= 15 is 0 Å². The number of anilines is 1. The molecule has 11 nitrogen and oxygen atoms in total. The first-order chi connectivity index (χ1) is 20.7. The van der Waals surface area contributed by atoms with Crippen molar-refractivity contribution in [1.29, 1.82) is 0 Å². The van der Waals surface area contributed by atoms with Gasteiger partial charge in [0.1, 0.15) is 6.04 Å². The maximum atomic E-state index is 14.0. The molecule has 1 N–H and O–H groups in total. The van der Waals surface area contributed by atoms with E-state index in [1.165, 1.54) is 15.3 Å². The first-order valence-corrected chi connectivity index (χ1v) is 15.2. The highest BCUT2D eigenvalue weighted by atomic mass is 32.2. The third-order valence-electron chi connectivity index (χ3n) is 7.64. The highest BCUT2D eigenvalue weighted by Crippen LogP contribution is 2.32. The summed E-state index contributed by atoms with van der Waals surface area (Å²) in [5.74, 6) is 0.423. The molecule has 1 fully saturated rings. The van der Waals surface area contributed by atoms with E-state index in [-0.39, 0.29) is 43.8 Å². The molecule has 0 aliphatic carbocycles. The monoisotopic (exact) mass is 601 g/mol. The molecule has 6 rings (SSSR count). The Hall–Kier alpha value is -4.68. The number of carbonyl (C=O) groups excluding carboxylic acids is 2. The van der Waals surface area contributed by atoms with Crippen molar-refractivity contribution in [2.45, 2.75) is 17.5 Å². The molecule has 4 aromatic rings. The molecule has 0 bridgehead atoms. The lowest BCUT2D eigenvalue weighted by atomic mass is 10.1. The number of benzene rings is 3. The van der Waals surface area contributed by atoms with Crippen LogP contribution in [-0.2, 0) is 21.4 Å². The van der Waals surface area contributed by atoms with Crippen molar-refractivity contribution in [3.63, 3.8) is 0 Å². The molecular formula is C31H31N5O6S. The molecule has 2 aliphatic heterocycles. The van der Waals surface area contributed by atoms with E-state index in [4.69, 9.17) is 9.47 Å². The van der Waals surface area contributed by atoms with Crippen molar-refractivity contribution in [1.82, 2.24) is 19.5 Å². The first-order valence-electron chi connectivity index (χ1n) is 13.8. The average Bonchev–Trinajstić information content (AvgIpc) is 3.51. The number of nitrogens with one attached hydrogen (secondary N) is 1. The lowest BCUT2D eigenvalue weighted by molar-refractivity contribution is -0.126. The number of ether oxygens (including phenoxy) is 2. The van der Waals surface area contributed by atoms with Gasteiger partial charge in [-0.3, -0.25) is 14.6 Å². The molecule has 2 amide bonds. The van der Waals surface area contributed by atoms with E-state index in [1.54, 1.807) is 60.8 Å². The van der Waals surface area contributed by atoms with Crippen molar-refractivity contribution < 1.29 is 27.5 Å². The van der Waals surface area contributed by atoms with Gasteiger partial charge in [-0.1, -0.05) is 12.1 Å². The van der Waals surface area contributed by atoms with Crippen LogP contribution in [0.3, 0.4) is 0 Å². The van der Waals surface area contributed by atoms with Crippen molar-refractivity contribution >= 4 is 38.4 Å². The maximum Gasteiger partial charge on any atom is 0.253 e. The third kappa shape index (κ3) is 5.71. The van der Waals surface area contributed by atoms with Crippen LogP contribution < -0.4 is 19.7 Å². The summed E-state index contributed by atoms with van der Waals surface area (Å²) in [7, 11) is -0.279. The highest BCUT2D eigenvalue weighted by Gasteiger charge is 2.41.